The van der Waals surface area contributed by atoms with Crippen LogP contribution < -0.4 is 10.2 Å². The predicted molar refractivity (Wildman–Crippen MR) is 114 cm³/mol. The van der Waals surface area contributed by atoms with Gasteiger partial charge in [-0.2, -0.15) is 5.10 Å². The molecular formula is C21H24BrN5O. The number of anilines is 1. The Bertz CT molecular complexity index is 1020. The lowest BCUT2D eigenvalue weighted by molar-refractivity contribution is -0.125. The third kappa shape index (κ3) is 3.76. The van der Waals surface area contributed by atoms with Crippen molar-refractivity contribution in [2.45, 2.75) is 26.3 Å². The molecule has 0 radical (unpaired) electrons. The highest BCUT2D eigenvalue weighted by molar-refractivity contribution is 9.10. The summed E-state index contributed by atoms with van der Waals surface area (Å²) in [5, 5.41) is 8.75. The standard InChI is InChI=1S/C21H24BrN5O/c1-14-18-8-9-23-20(19(18)26(2)25-14)27-10-4-6-16(13-27)21(28)24-12-15-5-3-7-17(22)11-15/h3,5,7-9,11,16H,4,6,10,12-13H2,1-2H3,(H,24,28). The van der Waals surface area contributed by atoms with E-state index >= 15 is 0 Å². The number of amides is 1. The van der Waals surface area contributed by atoms with E-state index in [0.717, 1.165) is 51.8 Å². The fraction of sp³-hybridized carbons (Fsp3) is 0.381. The summed E-state index contributed by atoms with van der Waals surface area (Å²) in [6.07, 6.45) is 3.72. The van der Waals surface area contributed by atoms with E-state index in [2.05, 4.69) is 36.2 Å². The number of nitrogens with one attached hydrogen (secondary N) is 1. The molecule has 3 heterocycles. The quantitative estimate of drug-likeness (QED) is 0.671. The summed E-state index contributed by atoms with van der Waals surface area (Å²) >= 11 is 3.47. The van der Waals surface area contributed by atoms with E-state index in [4.69, 9.17) is 0 Å². The molecule has 1 fully saturated rings. The zero-order valence-corrected chi connectivity index (χ0v) is 17.7. The van der Waals surface area contributed by atoms with Gasteiger partial charge in [0.15, 0.2) is 5.82 Å². The summed E-state index contributed by atoms with van der Waals surface area (Å²) in [5.74, 6) is 0.996. The van der Waals surface area contributed by atoms with Crippen LogP contribution in [0.25, 0.3) is 10.9 Å². The smallest absolute Gasteiger partial charge is 0.225 e. The number of hydrogen-bond donors (Lipinski definition) is 1. The zero-order chi connectivity index (χ0) is 19.7. The maximum Gasteiger partial charge on any atom is 0.225 e. The zero-order valence-electron chi connectivity index (χ0n) is 16.2. The first-order valence-corrected chi connectivity index (χ1v) is 10.4. The maximum atomic E-state index is 12.8. The van der Waals surface area contributed by atoms with Crippen molar-refractivity contribution in [1.29, 1.82) is 0 Å². The summed E-state index contributed by atoms with van der Waals surface area (Å²) in [5.41, 5.74) is 3.13. The molecule has 1 aromatic carbocycles. The van der Waals surface area contributed by atoms with Gasteiger partial charge in [0.2, 0.25) is 5.91 Å². The van der Waals surface area contributed by atoms with Crippen molar-refractivity contribution in [1.82, 2.24) is 20.1 Å². The Kier molecular flexibility index (Phi) is 5.35. The molecule has 0 saturated carbocycles. The Balaban J connectivity index is 1.48. The van der Waals surface area contributed by atoms with Gasteiger partial charge in [-0.05, 0) is 43.5 Å². The highest BCUT2D eigenvalue weighted by Gasteiger charge is 2.28. The number of aryl methyl sites for hydroxylation is 2. The van der Waals surface area contributed by atoms with E-state index < -0.39 is 0 Å². The number of rotatable bonds is 4. The van der Waals surface area contributed by atoms with Gasteiger partial charge in [0.1, 0.15) is 5.52 Å². The van der Waals surface area contributed by atoms with Crippen LogP contribution in [0.15, 0.2) is 41.0 Å². The second-order valence-corrected chi connectivity index (χ2v) is 8.29. The van der Waals surface area contributed by atoms with Crippen molar-refractivity contribution in [2.75, 3.05) is 18.0 Å². The van der Waals surface area contributed by atoms with Crippen LogP contribution in [0, 0.1) is 12.8 Å². The lowest BCUT2D eigenvalue weighted by atomic mass is 9.97. The molecule has 1 N–H and O–H groups in total. The molecule has 1 atom stereocenters. The Morgan fingerprint density at radius 1 is 1.36 bits per heavy atom. The lowest BCUT2D eigenvalue weighted by Crippen LogP contribution is -2.43. The SMILES string of the molecule is Cc1nn(C)c2c(N3CCCC(C(=O)NCc4cccc(Br)c4)C3)nccc12. The minimum absolute atomic E-state index is 0.0349. The van der Waals surface area contributed by atoms with Crippen LogP contribution in [0.1, 0.15) is 24.1 Å². The van der Waals surface area contributed by atoms with Crippen molar-refractivity contribution in [3.05, 3.63) is 52.3 Å². The minimum Gasteiger partial charge on any atom is -0.354 e. The van der Waals surface area contributed by atoms with E-state index in [0.29, 0.717) is 13.1 Å². The summed E-state index contributed by atoms with van der Waals surface area (Å²) in [4.78, 5) is 19.6. The third-order valence-electron chi connectivity index (χ3n) is 5.37. The first kappa shape index (κ1) is 18.9. The molecule has 6 nitrogen and oxygen atoms in total. The largest absolute Gasteiger partial charge is 0.354 e. The Morgan fingerprint density at radius 3 is 3.04 bits per heavy atom. The molecule has 0 spiro atoms. The summed E-state index contributed by atoms with van der Waals surface area (Å²) in [6.45, 7) is 4.15. The Labute approximate surface area is 173 Å². The maximum absolute atomic E-state index is 12.8. The van der Waals surface area contributed by atoms with Crippen LogP contribution in [0.4, 0.5) is 5.82 Å². The van der Waals surface area contributed by atoms with Crippen molar-refractivity contribution in [3.8, 4) is 0 Å². The lowest BCUT2D eigenvalue weighted by Gasteiger charge is -2.33. The average molecular weight is 442 g/mol. The fourth-order valence-corrected chi connectivity index (χ4v) is 4.42. The van der Waals surface area contributed by atoms with E-state index in [1.165, 1.54) is 0 Å². The number of carbonyl (C=O) groups excluding carboxylic acids is 1. The summed E-state index contributed by atoms with van der Waals surface area (Å²) < 4.78 is 2.91. The second-order valence-electron chi connectivity index (χ2n) is 7.37. The monoisotopic (exact) mass is 441 g/mol. The molecule has 1 amide bonds. The van der Waals surface area contributed by atoms with Crippen molar-refractivity contribution in [2.24, 2.45) is 13.0 Å². The molecule has 1 aliphatic heterocycles. The molecule has 1 saturated heterocycles. The second kappa shape index (κ2) is 7.91. The first-order chi connectivity index (χ1) is 13.5. The van der Waals surface area contributed by atoms with Crippen molar-refractivity contribution < 1.29 is 4.79 Å². The summed E-state index contributed by atoms with van der Waals surface area (Å²) in [6, 6.07) is 10.0. The number of nitrogens with zero attached hydrogens (tertiary/aromatic N) is 4. The van der Waals surface area contributed by atoms with Crippen molar-refractivity contribution >= 4 is 38.6 Å². The molecular weight excluding hydrogens is 418 g/mol. The van der Waals surface area contributed by atoms with Crippen LogP contribution >= 0.6 is 15.9 Å². The first-order valence-electron chi connectivity index (χ1n) is 9.58. The molecule has 4 rings (SSSR count). The number of benzene rings is 1. The Hall–Kier alpha value is -2.41. The van der Waals surface area contributed by atoms with Crippen LogP contribution in [0.3, 0.4) is 0 Å². The number of hydrogen-bond acceptors (Lipinski definition) is 4. The summed E-state index contributed by atoms with van der Waals surface area (Å²) in [7, 11) is 1.95. The fourth-order valence-electron chi connectivity index (χ4n) is 3.98. The molecule has 1 unspecified atom stereocenters. The van der Waals surface area contributed by atoms with E-state index in [1.54, 1.807) is 0 Å². The van der Waals surface area contributed by atoms with Gasteiger partial charge in [0.25, 0.3) is 0 Å². The van der Waals surface area contributed by atoms with Crippen molar-refractivity contribution in [3.63, 3.8) is 0 Å². The molecule has 2 aromatic heterocycles. The van der Waals surface area contributed by atoms with Gasteiger partial charge in [-0.15, -0.1) is 0 Å². The number of piperidine rings is 1. The number of aromatic nitrogens is 3. The van der Waals surface area contributed by atoms with Crippen LogP contribution in [0.5, 0.6) is 0 Å². The van der Waals surface area contributed by atoms with Crippen LogP contribution in [-0.4, -0.2) is 33.8 Å². The molecule has 3 aromatic rings. The minimum atomic E-state index is -0.0349. The molecule has 0 aliphatic carbocycles. The van der Waals surface area contributed by atoms with E-state index in [9.17, 15) is 4.79 Å². The average Bonchev–Trinajstić information content (AvgIpc) is 3.00. The highest BCUT2D eigenvalue weighted by Crippen LogP contribution is 2.29. The molecule has 28 heavy (non-hydrogen) atoms. The van der Waals surface area contributed by atoms with Gasteiger partial charge in [-0.1, -0.05) is 28.1 Å². The molecule has 146 valence electrons. The predicted octanol–water partition coefficient (Wildman–Crippen LogP) is 3.57. The molecule has 1 aliphatic rings. The normalized spacial score (nSPS) is 17.1. The highest BCUT2D eigenvalue weighted by atomic mass is 79.9. The number of pyridine rings is 1. The van der Waals surface area contributed by atoms with Gasteiger partial charge in [0.05, 0.1) is 11.6 Å². The van der Waals surface area contributed by atoms with Gasteiger partial charge < -0.3 is 10.2 Å². The van der Waals surface area contributed by atoms with E-state index in [-0.39, 0.29) is 11.8 Å². The van der Waals surface area contributed by atoms with Gasteiger partial charge in [-0.3, -0.25) is 9.48 Å². The third-order valence-corrected chi connectivity index (χ3v) is 5.86. The van der Waals surface area contributed by atoms with Gasteiger partial charge in [-0.25, -0.2) is 4.98 Å². The topological polar surface area (TPSA) is 63.1 Å². The Morgan fingerprint density at radius 2 is 2.21 bits per heavy atom. The van der Waals surface area contributed by atoms with Crippen LogP contribution in [-0.2, 0) is 18.4 Å². The number of carbonyl (C=O) groups is 1. The van der Waals surface area contributed by atoms with Gasteiger partial charge in [0, 0.05) is 42.7 Å². The number of fused-ring (bicyclic) bond motifs is 1. The van der Waals surface area contributed by atoms with Gasteiger partial charge >= 0.3 is 0 Å². The number of halogens is 1. The molecule has 7 heteroatoms. The van der Waals surface area contributed by atoms with Crippen LogP contribution in [0.2, 0.25) is 0 Å². The molecule has 0 bridgehead atoms. The van der Waals surface area contributed by atoms with E-state index in [1.807, 2.05) is 55.2 Å².